The molecule has 0 aliphatic carbocycles. The minimum absolute atomic E-state index is 0.0911. The molecule has 0 bridgehead atoms. The number of imidazole rings is 1. The first-order valence-corrected chi connectivity index (χ1v) is 15.8. The molecule has 1 aliphatic heterocycles. The monoisotopic (exact) mass is 574 g/mol. The number of anilines is 1. The fraction of sp³-hybridized carbons (Fsp3) is 0.559. The highest BCUT2D eigenvalue weighted by Gasteiger charge is 2.20. The third kappa shape index (κ3) is 8.57. The van der Waals surface area contributed by atoms with Crippen LogP contribution in [0, 0.1) is 11.8 Å². The number of hydrogen-bond donors (Lipinski definition) is 2. The Morgan fingerprint density at radius 2 is 1.55 bits per heavy atom. The van der Waals surface area contributed by atoms with Gasteiger partial charge in [0.05, 0.1) is 11.0 Å². The van der Waals surface area contributed by atoms with E-state index in [1.807, 2.05) is 47.4 Å². The summed E-state index contributed by atoms with van der Waals surface area (Å²) in [6.07, 6.45) is 5.59. The van der Waals surface area contributed by atoms with E-state index in [-0.39, 0.29) is 11.8 Å². The van der Waals surface area contributed by atoms with Gasteiger partial charge in [0.1, 0.15) is 0 Å². The van der Waals surface area contributed by atoms with Gasteiger partial charge >= 0.3 is 0 Å². The fourth-order valence-corrected chi connectivity index (χ4v) is 5.50. The van der Waals surface area contributed by atoms with Gasteiger partial charge in [0.15, 0.2) is 0 Å². The lowest BCUT2D eigenvalue weighted by atomic mass is 10.1. The van der Waals surface area contributed by atoms with E-state index in [9.17, 15) is 9.59 Å². The zero-order valence-electron chi connectivity index (χ0n) is 26.3. The highest BCUT2D eigenvalue weighted by molar-refractivity contribution is 5.98. The van der Waals surface area contributed by atoms with Gasteiger partial charge in [0.2, 0.25) is 5.95 Å². The number of benzene rings is 2. The normalized spacial score (nSPS) is 13.8. The Hall–Kier alpha value is -3.39. The van der Waals surface area contributed by atoms with Gasteiger partial charge in [-0.2, -0.15) is 0 Å². The Morgan fingerprint density at radius 1 is 0.905 bits per heavy atom. The number of amides is 2. The first-order chi connectivity index (χ1) is 20.2. The second-order valence-electron chi connectivity index (χ2n) is 12.5. The van der Waals surface area contributed by atoms with E-state index < -0.39 is 0 Å². The van der Waals surface area contributed by atoms with E-state index in [0.29, 0.717) is 23.9 Å². The molecule has 1 aliphatic rings. The van der Waals surface area contributed by atoms with E-state index in [2.05, 4.69) is 47.8 Å². The van der Waals surface area contributed by atoms with Crippen molar-refractivity contribution in [2.45, 2.75) is 72.9 Å². The van der Waals surface area contributed by atoms with Crippen LogP contribution in [0.1, 0.15) is 86.1 Å². The molecule has 8 nitrogen and oxygen atoms in total. The van der Waals surface area contributed by atoms with Gasteiger partial charge in [0, 0.05) is 44.4 Å². The molecule has 0 atom stereocenters. The molecular weight excluding hydrogens is 524 g/mol. The highest BCUT2D eigenvalue weighted by atomic mass is 16.2. The van der Waals surface area contributed by atoms with Crippen molar-refractivity contribution in [3.8, 4) is 0 Å². The molecule has 228 valence electrons. The number of aryl methyl sites for hydroxylation is 1. The van der Waals surface area contributed by atoms with Gasteiger partial charge in [-0.3, -0.25) is 9.59 Å². The van der Waals surface area contributed by atoms with Crippen molar-refractivity contribution in [1.29, 1.82) is 0 Å². The molecule has 2 amide bonds. The number of carbonyl (C=O) groups excluding carboxylic acids is 2. The van der Waals surface area contributed by atoms with Crippen LogP contribution in [0.2, 0.25) is 0 Å². The maximum absolute atomic E-state index is 13.8. The van der Waals surface area contributed by atoms with E-state index >= 15 is 0 Å². The van der Waals surface area contributed by atoms with E-state index in [0.717, 1.165) is 73.6 Å². The van der Waals surface area contributed by atoms with Crippen LogP contribution in [-0.4, -0.2) is 70.9 Å². The van der Waals surface area contributed by atoms with Crippen LogP contribution in [0.5, 0.6) is 0 Å². The van der Waals surface area contributed by atoms with Crippen LogP contribution in [0.3, 0.4) is 0 Å². The largest absolute Gasteiger partial charge is 0.355 e. The van der Waals surface area contributed by atoms with Crippen LogP contribution in [-0.2, 0) is 13.1 Å². The number of likely N-dealkylation sites (tertiary alicyclic amines) is 1. The molecule has 0 saturated carbocycles. The van der Waals surface area contributed by atoms with Gasteiger partial charge in [-0.15, -0.1) is 0 Å². The van der Waals surface area contributed by atoms with Crippen molar-refractivity contribution in [2.75, 3.05) is 45.1 Å². The van der Waals surface area contributed by atoms with E-state index in [1.54, 1.807) is 7.05 Å². The van der Waals surface area contributed by atoms with E-state index in [4.69, 9.17) is 4.98 Å². The highest BCUT2D eigenvalue weighted by Crippen LogP contribution is 2.24. The average molecular weight is 575 g/mol. The number of fused-ring (bicyclic) bond motifs is 1. The summed E-state index contributed by atoms with van der Waals surface area (Å²) in [6.45, 7) is 15.3. The SMILES string of the molecule is CNC(=O)c1ccc(CNc2nc3ccc(C(=O)N(CCC(C)C)CCC(C)C)cc3n2CCCN2CCCC2)cc1. The summed E-state index contributed by atoms with van der Waals surface area (Å²) in [5.74, 6) is 1.92. The average Bonchev–Trinajstić information content (AvgIpc) is 3.63. The van der Waals surface area contributed by atoms with Crippen LogP contribution < -0.4 is 10.6 Å². The molecular formula is C34H50N6O2. The van der Waals surface area contributed by atoms with Crippen LogP contribution in [0.15, 0.2) is 42.5 Å². The minimum atomic E-state index is -0.0911. The van der Waals surface area contributed by atoms with Gasteiger partial charge < -0.3 is 25.0 Å². The Kier molecular flexibility index (Phi) is 11.4. The summed E-state index contributed by atoms with van der Waals surface area (Å²) < 4.78 is 2.24. The van der Waals surface area contributed by atoms with Crippen molar-refractivity contribution in [3.63, 3.8) is 0 Å². The second kappa shape index (κ2) is 15.2. The smallest absolute Gasteiger partial charge is 0.253 e. The predicted molar refractivity (Wildman–Crippen MR) is 172 cm³/mol. The number of nitrogens with zero attached hydrogens (tertiary/aromatic N) is 4. The number of carbonyl (C=O) groups is 2. The molecule has 0 unspecified atom stereocenters. The van der Waals surface area contributed by atoms with Gasteiger partial charge in [-0.05, 0) is 99.5 Å². The lowest BCUT2D eigenvalue weighted by Gasteiger charge is -2.25. The molecule has 2 N–H and O–H groups in total. The molecule has 4 rings (SSSR count). The molecule has 0 radical (unpaired) electrons. The van der Waals surface area contributed by atoms with Gasteiger partial charge in [-0.25, -0.2) is 4.98 Å². The molecule has 3 aromatic rings. The second-order valence-corrected chi connectivity index (χ2v) is 12.5. The lowest BCUT2D eigenvalue weighted by Crippen LogP contribution is -2.34. The standard InChI is InChI=1S/C34H50N6O2/c1-25(2)15-21-39(22-16-26(3)4)33(42)29-13-14-30-31(23-29)40(20-8-19-38-17-6-7-18-38)34(37-30)36-24-27-9-11-28(12-10-27)32(41)35-5/h9-14,23,25-26H,6-8,15-22,24H2,1-5H3,(H,35,41)(H,36,37). The summed E-state index contributed by atoms with van der Waals surface area (Å²) in [4.78, 5) is 35.2. The molecule has 1 fully saturated rings. The van der Waals surface area contributed by atoms with Crippen molar-refractivity contribution in [3.05, 3.63) is 59.2 Å². The molecule has 42 heavy (non-hydrogen) atoms. The van der Waals surface area contributed by atoms with Crippen LogP contribution in [0.25, 0.3) is 11.0 Å². The van der Waals surface area contributed by atoms with Crippen molar-refractivity contribution >= 4 is 28.8 Å². The first-order valence-electron chi connectivity index (χ1n) is 15.8. The maximum Gasteiger partial charge on any atom is 0.253 e. The Morgan fingerprint density at radius 3 is 2.17 bits per heavy atom. The summed E-state index contributed by atoms with van der Waals surface area (Å²) in [5, 5.41) is 6.20. The van der Waals surface area contributed by atoms with Crippen molar-refractivity contribution in [1.82, 2.24) is 24.7 Å². The number of nitrogens with one attached hydrogen (secondary N) is 2. The minimum Gasteiger partial charge on any atom is -0.355 e. The Labute approximate surface area is 251 Å². The Bertz CT molecular complexity index is 1300. The predicted octanol–water partition coefficient (Wildman–Crippen LogP) is 6.03. The summed E-state index contributed by atoms with van der Waals surface area (Å²) in [6, 6.07) is 13.6. The fourth-order valence-electron chi connectivity index (χ4n) is 5.50. The quantitative estimate of drug-likeness (QED) is 0.232. The zero-order chi connectivity index (χ0) is 30.1. The molecule has 0 spiro atoms. The van der Waals surface area contributed by atoms with Crippen LogP contribution >= 0.6 is 0 Å². The number of aromatic nitrogens is 2. The number of hydrogen-bond acceptors (Lipinski definition) is 5. The van der Waals surface area contributed by atoms with Crippen molar-refractivity contribution in [2.24, 2.45) is 11.8 Å². The summed E-state index contributed by atoms with van der Waals surface area (Å²) in [7, 11) is 1.64. The molecule has 2 aromatic carbocycles. The topological polar surface area (TPSA) is 82.5 Å². The first kappa shape index (κ1) is 31.5. The molecule has 8 heteroatoms. The van der Waals surface area contributed by atoms with Crippen LogP contribution in [0.4, 0.5) is 5.95 Å². The zero-order valence-corrected chi connectivity index (χ0v) is 26.3. The lowest BCUT2D eigenvalue weighted by molar-refractivity contribution is 0.0740. The molecule has 2 heterocycles. The van der Waals surface area contributed by atoms with Gasteiger partial charge in [-0.1, -0.05) is 39.8 Å². The third-order valence-electron chi connectivity index (χ3n) is 8.18. The van der Waals surface area contributed by atoms with Crippen molar-refractivity contribution < 1.29 is 9.59 Å². The summed E-state index contributed by atoms with van der Waals surface area (Å²) in [5.41, 5.74) is 4.32. The number of rotatable bonds is 15. The molecule has 1 aromatic heterocycles. The van der Waals surface area contributed by atoms with Gasteiger partial charge in [0.25, 0.3) is 11.8 Å². The Balaban J connectivity index is 1.57. The molecule has 1 saturated heterocycles. The summed E-state index contributed by atoms with van der Waals surface area (Å²) >= 11 is 0. The third-order valence-corrected chi connectivity index (χ3v) is 8.18. The maximum atomic E-state index is 13.8. The van der Waals surface area contributed by atoms with E-state index in [1.165, 1.54) is 25.9 Å².